The number of phenolic OH excluding ortho intramolecular Hbond substituents is 1. The van der Waals surface area contributed by atoms with Gasteiger partial charge in [0.25, 0.3) is 0 Å². The van der Waals surface area contributed by atoms with E-state index in [0.717, 1.165) is 10.8 Å². The van der Waals surface area contributed by atoms with Crippen LogP contribution in [0.5, 0.6) is 5.75 Å². The molecule has 5 nitrogen and oxygen atoms in total. The van der Waals surface area contributed by atoms with Gasteiger partial charge in [-0.15, -0.1) is 0 Å². The van der Waals surface area contributed by atoms with E-state index in [1.807, 2.05) is 0 Å². The number of aromatic carboxylic acids is 1. The minimum Gasteiger partial charge on any atom is -0.508 e. The highest BCUT2D eigenvalue weighted by atomic mass is 80.0. The lowest BCUT2D eigenvalue weighted by Gasteiger charge is -2.12. The highest BCUT2D eigenvalue weighted by molar-refractivity contribution is 9.42. The third-order valence-electron chi connectivity index (χ3n) is 3.43. The van der Waals surface area contributed by atoms with Gasteiger partial charge in [-0.05, 0) is 95.0 Å². The molecule has 0 amide bonds. The van der Waals surface area contributed by atoms with Gasteiger partial charge >= 0.3 is 5.97 Å². The molecule has 0 aliphatic heterocycles. The summed E-state index contributed by atoms with van der Waals surface area (Å²) in [7, 11) is -3.43. The second-order valence-corrected chi connectivity index (χ2v) is 15.7. The summed E-state index contributed by atoms with van der Waals surface area (Å²) in [6, 6.07) is 17.8. The predicted molar refractivity (Wildman–Crippen MR) is 116 cm³/mol. The van der Waals surface area contributed by atoms with Crippen molar-refractivity contribution in [2.75, 3.05) is 0 Å². The monoisotopic (exact) mass is 578 g/mol. The first kappa shape index (κ1) is 21.9. The topological polar surface area (TPSA) is 91.7 Å². The Morgan fingerprint density at radius 3 is 1.96 bits per heavy atom. The number of hydrogen-bond acceptors (Lipinski definition) is 4. The molecule has 0 unspecified atom stereocenters. The maximum absolute atomic E-state index is 11.7. The molecule has 0 radical (unpaired) electrons. The van der Waals surface area contributed by atoms with E-state index in [2.05, 4.69) is 47.8 Å². The number of hydrogen-bond donors (Lipinski definition) is 2. The van der Waals surface area contributed by atoms with Gasteiger partial charge in [0.2, 0.25) is 11.3 Å². The number of phenols is 1. The molecule has 3 rings (SSSR count). The zero-order chi connectivity index (χ0) is 20.2. The van der Waals surface area contributed by atoms with Crippen LogP contribution in [0.2, 0.25) is 0 Å². The smallest absolute Gasteiger partial charge is 0.335 e. The van der Waals surface area contributed by atoms with Crippen LogP contribution >= 0.6 is 47.8 Å². The number of benzene rings is 3. The van der Waals surface area contributed by atoms with Crippen LogP contribution in [-0.2, 0) is 9.84 Å². The molecule has 0 spiro atoms. The van der Waals surface area contributed by atoms with E-state index in [4.69, 9.17) is 5.11 Å². The quantitative estimate of drug-likeness (QED) is 0.391. The molecule has 0 fully saturated rings. The van der Waals surface area contributed by atoms with Crippen molar-refractivity contribution in [3.05, 3.63) is 72.3 Å². The Hall–Kier alpha value is -1.42. The first-order valence-electron chi connectivity index (χ1n) is 7.35. The molecule has 0 atom stereocenters. The van der Waals surface area contributed by atoms with E-state index in [-0.39, 0.29) is 16.2 Å². The Bertz CT molecular complexity index is 1060. The molecule has 142 valence electrons. The van der Waals surface area contributed by atoms with E-state index in [9.17, 15) is 18.3 Å². The van der Waals surface area contributed by atoms with Crippen molar-refractivity contribution in [1.82, 2.24) is 0 Å². The second kappa shape index (κ2) is 8.72. The van der Waals surface area contributed by atoms with Gasteiger partial charge in [0.15, 0.2) is 0 Å². The molecule has 0 saturated heterocycles. The first-order chi connectivity index (χ1) is 12.5. The highest BCUT2D eigenvalue weighted by Gasteiger charge is 2.36. The lowest BCUT2D eigenvalue weighted by molar-refractivity contribution is 0.0697. The molecule has 0 bridgehead atoms. The zero-order valence-corrected chi connectivity index (χ0v) is 19.1. The van der Waals surface area contributed by atoms with E-state index in [1.54, 1.807) is 42.5 Å². The summed E-state index contributed by atoms with van der Waals surface area (Å²) in [5.74, 6) is -0.763. The van der Waals surface area contributed by atoms with E-state index in [1.165, 1.54) is 24.3 Å². The van der Waals surface area contributed by atoms with Crippen molar-refractivity contribution in [1.29, 1.82) is 0 Å². The van der Waals surface area contributed by atoms with Crippen molar-refractivity contribution >= 4 is 74.4 Å². The number of carbonyl (C=O) groups is 1. The fourth-order valence-corrected chi connectivity index (χ4v) is 4.56. The average molecular weight is 581 g/mol. The Balaban J connectivity index is 0.000000194. The van der Waals surface area contributed by atoms with Crippen LogP contribution in [-0.4, -0.2) is 26.1 Å². The van der Waals surface area contributed by atoms with Gasteiger partial charge in [-0.1, -0.05) is 30.3 Å². The maximum atomic E-state index is 11.7. The van der Waals surface area contributed by atoms with Gasteiger partial charge in [0.05, 0.1) is 10.5 Å². The Morgan fingerprint density at radius 1 is 0.852 bits per heavy atom. The summed E-state index contributed by atoms with van der Waals surface area (Å²) in [6.07, 6.45) is 0. The lowest BCUT2D eigenvalue weighted by Crippen LogP contribution is -2.17. The van der Waals surface area contributed by atoms with E-state index < -0.39 is 17.3 Å². The molecule has 2 N–H and O–H groups in total. The zero-order valence-electron chi connectivity index (χ0n) is 13.5. The number of aromatic hydroxyl groups is 1. The number of rotatable bonds is 2. The molecule has 0 aliphatic carbocycles. The SMILES string of the molecule is O=C(O)c1ccc2cc(O)ccc2c1.O=S(=O)(c1ccccc1)C(Br)(Br)Br. The summed E-state index contributed by atoms with van der Waals surface area (Å²) in [5.41, 5.74) is 0.253. The minimum atomic E-state index is -3.43. The molecular weight excluding hydrogens is 568 g/mol. The van der Waals surface area contributed by atoms with Gasteiger partial charge in [0, 0.05) is 0 Å². The molecule has 0 aromatic heterocycles. The average Bonchev–Trinajstić information content (AvgIpc) is 2.61. The summed E-state index contributed by atoms with van der Waals surface area (Å²) in [5, 5.41) is 19.6. The van der Waals surface area contributed by atoms with Gasteiger partial charge < -0.3 is 10.2 Å². The molecular formula is C18H13Br3O5S. The molecule has 0 saturated carbocycles. The van der Waals surface area contributed by atoms with Crippen LogP contribution in [0.15, 0.2) is 71.6 Å². The van der Waals surface area contributed by atoms with Gasteiger partial charge in [-0.25, -0.2) is 13.2 Å². The van der Waals surface area contributed by atoms with Crippen LogP contribution in [0.25, 0.3) is 10.8 Å². The molecule has 3 aromatic carbocycles. The van der Waals surface area contributed by atoms with Crippen LogP contribution in [0, 0.1) is 0 Å². The Kier molecular flexibility index (Phi) is 7.07. The number of sulfone groups is 1. The number of fused-ring (bicyclic) bond motifs is 1. The highest BCUT2D eigenvalue weighted by Crippen LogP contribution is 2.42. The molecule has 3 aromatic rings. The van der Waals surface area contributed by atoms with Gasteiger partial charge in [0.1, 0.15) is 5.75 Å². The fourth-order valence-electron chi connectivity index (χ4n) is 2.10. The summed E-state index contributed by atoms with van der Waals surface area (Å²) in [4.78, 5) is 10.9. The maximum Gasteiger partial charge on any atom is 0.335 e. The lowest BCUT2D eigenvalue weighted by atomic mass is 10.1. The third-order valence-corrected chi connectivity index (χ3v) is 8.77. The summed E-state index contributed by atoms with van der Waals surface area (Å²) >= 11 is 8.95. The molecule has 27 heavy (non-hydrogen) atoms. The predicted octanol–water partition coefficient (Wildman–Crippen LogP) is 5.50. The molecule has 0 aliphatic rings. The van der Waals surface area contributed by atoms with Crippen LogP contribution in [0.1, 0.15) is 10.4 Å². The van der Waals surface area contributed by atoms with Crippen molar-refractivity contribution in [3.8, 4) is 5.75 Å². The molecule has 9 heteroatoms. The van der Waals surface area contributed by atoms with Crippen molar-refractivity contribution in [2.45, 2.75) is 6.37 Å². The normalized spacial score (nSPS) is 11.5. The van der Waals surface area contributed by atoms with E-state index in [0.29, 0.717) is 0 Å². The van der Waals surface area contributed by atoms with Gasteiger partial charge in [-0.2, -0.15) is 0 Å². The number of halogens is 3. The number of carboxylic acid groups (broad SMARTS) is 1. The van der Waals surface area contributed by atoms with Crippen LogP contribution < -0.4 is 0 Å². The van der Waals surface area contributed by atoms with Crippen molar-refractivity contribution in [3.63, 3.8) is 0 Å². The van der Waals surface area contributed by atoms with Gasteiger partial charge in [-0.3, -0.25) is 0 Å². The van der Waals surface area contributed by atoms with Crippen molar-refractivity contribution < 1.29 is 23.4 Å². The number of alkyl halides is 3. The van der Waals surface area contributed by atoms with Crippen LogP contribution in [0.3, 0.4) is 0 Å². The number of carboxylic acids is 1. The first-order valence-corrected chi connectivity index (χ1v) is 11.2. The third kappa shape index (κ3) is 5.54. The fraction of sp³-hybridized carbons (Fsp3) is 0.0556. The Morgan fingerprint density at radius 2 is 1.41 bits per heavy atom. The summed E-state index contributed by atoms with van der Waals surface area (Å²) in [6.45, 7) is 0. The second-order valence-electron chi connectivity index (χ2n) is 5.31. The van der Waals surface area contributed by atoms with Crippen molar-refractivity contribution in [2.24, 2.45) is 0 Å². The largest absolute Gasteiger partial charge is 0.508 e. The van der Waals surface area contributed by atoms with E-state index >= 15 is 0 Å². The van der Waals surface area contributed by atoms with Crippen LogP contribution in [0.4, 0.5) is 0 Å². The summed E-state index contributed by atoms with van der Waals surface area (Å²) < 4.78 is 22.1. The Labute approximate surface area is 181 Å². The molecule has 0 heterocycles. The minimum absolute atomic E-state index is 0.181. The standard InChI is InChI=1S/C11H8O3.C7H5Br3O2S/c12-10-4-3-7-5-9(11(13)14)2-1-8(7)6-10;8-7(9,10)13(11,12)6-4-2-1-3-5-6/h1-6,12H,(H,13,14);1-5H.